The van der Waals surface area contributed by atoms with E-state index in [4.69, 9.17) is 0 Å². The summed E-state index contributed by atoms with van der Waals surface area (Å²) in [7, 11) is 0. The van der Waals surface area contributed by atoms with Crippen LogP contribution in [0.25, 0.3) is 0 Å². The van der Waals surface area contributed by atoms with E-state index in [1.54, 1.807) is 25.1 Å². The standard InChI is InChI=1S/C8H8FNS/c1-6(10-11)7-4-2-3-5-8(7)9/h2-5,11H,1H3/b10-6+. The van der Waals surface area contributed by atoms with Gasteiger partial charge in [-0.1, -0.05) is 18.2 Å². The van der Waals surface area contributed by atoms with Crippen LogP contribution in [0.15, 0.2) is 28.7 Å². The Morgan fingerprint density at radius 3 is 2.64 bits per heavy atom. The average molecular weight is 169 g/mol. The second kappa shape index (κ2) is 3.53. The number of benzene rings is 1. The van der Waals surface area contributed by atoms with Crippen molar-refractivity contribution in [3.8, 4) is 0 Å². The van der Waals surface area contributed by atoms with Gasteiger partial charge in [-0.2, -0.15) is 0 Å². The average Bonchev–Trinajstić information content (AvgIpc) is 2.04. The summed E-state index contributed by atoms with van der Waals surface area (Å²) in [5, 5.41) is 0. The monoisotopic (exact) mass is 169 g/mol. The number of halogens is 1. The van der Waals surface area contributed by atoms with Gasteiger partial charge < -0.3 is 0 Å². The Kier molecular flexibility index (Phi) is 2.65. The molecule has 1 nitrogen and oxygen atoms in total. The zero-order valence-corrected chi connectivity index (χ0v) is 6.98. The third kappa shape index (κ3) is 1.80. The molecular weight excluding hydrogens is 161 g/mol. The van der Waals surface area contributed by atoms with E-state index in [1.807, 2.05) is 0 Å². The Hall–Kier alpha value is -0.830. The first-order valence-electron chi connectivity index (χ1n) is 3.19. The van der Waals surface area contributed by atoms with Gasteiger partial charge in [0.2, 0.25) is 0 Å². The summed E-state index contributed by atoms with van der Waals surface area (Å²) in [6.07, 6.45) is 0. The molecule has 0 heterocycles. The predicted octanol–water partition coefficient (Wildman–Crippen LogP) is 2.48. The number of thiol groups is 1. The van der Waals surface area contributed by atoms with Crippen molar-refractivity contribution in [2.24, 2.45) is 4.40 Å². The fourth-order valence-corrected chi connectivity index (χ4v) is 0.916. The van der Waals surface area contributed by atoms with Crippen LogP contribution < -0.4 is 0 Å². The molecule has 1 aromatic rings. The zero-order valence-electron chi connectivity index (χ0n) is 6.08. The Morgan fingerprint density at radius 2 is 2.09 bits per heavy atom. The molecular formula is C8H8FNS. The minimum absolute atomic E-state index is 0.261. The fraction of sp³-hybridized carbons (Fsp3) is 0.125. The smallest absolute Gasteiger partial charge is 0.132 e. The van der Waals surface area contributed by atoms with E-state index in [1.165, 1.54) is 6.07 Å². The van der Waals surface area contributed by atoms with Crippen molar-refractivity contribution >= 4 is 18.5 Å². The molecule has 0 saturated carbocycles. The number of hydrogen-bond donors (Lipinski definition) is 1. The normalized spacial score (nSPS) is 11.7. The highest BCUT2D eigenvalue weighted by atomic mass is 32.1. The van der Waals surface area contributed by atoms with E-state index in [-0.39, 0.29) is 5.82 Å². The summed E-state index contributed by atoms with van der Waals surface area (Å²) in [4.78, 5) is 0. The summed E-state index contributed by atoms with van der Waals surface area (Å²) in [5.74, 6) is -0.261. The van der Waals surface area contributed by atoms with Gasteiger partial charge in [0, 0.05) is 5.56 Å². The van der Waals surface area contributed by atoms with E-state index in [0.717, 1.165) is 0 Å². The number of hydrogen-bond acceptors (Lipinski definition) is 2. The molecule has 1 aromatic carbocycles. The van der Waals surface area contributed by atoms with Crippen LogP contribution in [-0.4, -0.2) is 5.71 Å². The van der Waals surface area contributed by atoms with Gasteiger partial charge in [-0.05, 0) is 25.8 Å². The highest BCUT2D eigenvalue weighted by Crippen LogP contribution is 2.07. The molecule has 0 aromatic heterocycles. The largest absolute Gasteiger partial charge is 0.224 e. The Bertz CT molecular complexity index is 283. The van der Waals surface area contributed by atoms with Crippen molar-refractivity contribution in [1.82, 2.24) is 0 Å². The third-order valence-electron chi connectivity index (χ3n) is 1.41. The fourth-order valence-electron chi connectivity index (χ4n) is 0.808. The SMILES string of the molecule is C/C(=N\S)c1ccccc1F. The Labute approximate surface area is 70.5 Å². The lowest BCUT2D eigenvalue weighted by atomic mass is 10.1. The molecule has 0 aliphatic rings. The first-order chi connectivity index (χ1) is 5.25. The highest BCUT2D eigenvalue weighted by molar-refractivity contribution is 7.79. The van der Waals surface area contributed by atoms with Crippen LogP contribution in [-0.2, 0) is 0 Å². The van der Waals surface area contributed by atoms with Crippen molar-refractivity contribution in [3.63, 3.8) is 0 Å². The Morgan fingerprint density at radius 1 is 1.45 bits per heavy atom. The summed E-state index contributed by atoms with van der Waals surface area (Å²) < 4.78 is 16.5. The van der Waals surface area contributed by atoms with Crippen LogP contribution >= 0.6 is 12.8 Å². The second-order valence-electron chi connectivity index (χ2n) is 2.17. The molecule has 0 atom stereocenters. The minimum Gasteiger partial charge on any atom is -0.224 e. The first kappa shape index (κ1) is 8.27. The number of rotatable bonds is 1. The number of nitrogens with zero attached hydrogens (tertiary/aromatic N) is 1. The molecule has 11 heavy (non-hydrogen) atoms. The summed E-state index contributed by atoms with van der Waals surface area (Å²) >= 11 is 3.70. The molecule has 0 aliphatic heterocycles. The van der Waals surface area contributed by atoms with Gasteiger partial charge in [-0.15, -0.1) is 0 Å². The van der Waals surface area contributed by atoms with E-state index in [0.29, 0.717) is 11.3 Å². The summed E-state index contributed by atoms with van der Waals surface area (Å²) in [6, 6.07) is 6.48. The summed E-state index contributed by atoms with van der Waals surface area (Å²) in [5.41, 5.74) is 1.09. The topological polar surface area (TPSA) is 12.4 Å². The van der Waals surface area contributed by atoms with Crippen molar-refractivity contribution in [2.45, 2.75) is 6.92 Å². The van der Waals surface area contributed by atoms with E-state index >= 15 is 0 Å². The molecule has 0 saturated heterocycles. The molecule has 0 aliphatic carbocycles. The van der Waals surface area contributed by atoms with Crippen molar-refractivity contribution in [2.75, 3.05) is 0 Å². The minimum atomic E-state index is -0.261. The van der Waals surface area contributed by atoms with Gasteiger partial charge in [0.25, 0.3) is 0 Å². The lowest BCUT2D eigenvalue weighted by molar-refractivity contribution is 0.625. The molecule has 1 rings (SSSR count). The van der Waals surface area contributed by atoms with E-state index < -0.39 is 0 Å². The van der Waals surface area contributed by atoms with Crippen LogP contribution in [0, 0.1) is 5.82 Å². The lowest BCUT2D eigenvalue weighted by Crippen LogP contribution is -1.96. The maximum absolute atomic E-state index is 12.9. The van der Waals surface area contributed by atoms with Crippen molar-refractivity contribution < 1.29 is 4.39 Å². The Balaban J connectivity index is 3.14. The lowest BCUT2D eigenvalue weighted by Gasteiger charge is -1.98. The molecule has 0 unspecified atom stereocenters. The first-order valence-corrected chi connectivity index (χ1v) is 3.59. The quantitative estimate of drug-likeness (QED) is 0.490. The van der Waals surface area contributed by atoms with E-state index in [9.17, 15) is 4.39 Å². The van der Waals surface area contributed by atoms with Gasteiger partial charge in [-0.25, -0.2) is 8.79 Å². The summed E-state index contributed by atoms with van der Waals surface area (Å²) in [6.45, 7) is 1.71. The van der Waals surface area contributed by atoms with Gasteiger partial charge in [0.15, 0.2) is 0 Å². The molecule has 0 amide bonds. The highest BCUT2D eigenvalue weighted by Gasteiger charge is 2.01. The van der Waals surface area contributed by atoms with Gasteiger partial charge in [-0.3, -0.25) is 0 Å². The molecule has 0 bridgehead atoms. The second-order valence-corrected chi connectivity index (χ2v) is 2.37. The van der Waals surface area contributed by atoms with Crippen LogP contribution in [0.5, 0.6) is 0 Å². The maximum atomic E-state index is 12.9. The van der Waals surface area contributed by atoms with Crippen LogP contribution in [0.1, 0.15) is 12.5 Å². The van der Waals surface area contributed by atoms with E-state index in [2.05, 4.69) is 17.2 Å². The maximum Gasteiger partial charge on any atom is 0.132 e. The van der Waals surface area contributed by atoms with Crippen LogP contribution in [0.2, 0.25) is 0 Å². The van der Waals surface area contributed by atoms with Crippen LogP contribution in [0.4, 0.5) is 4.39 Å². The molecule has 3 heteroatoms. The molecule has 0 N–H and O–H groups in total. The van der Waals surface area contributed by atoms with Crippen LogP contribution in [0.3, 0.4) is 0 Å². The molecule has 0 spiro atoms. The molecule has 0 radical (unpaired) electrons. The van der Waals surface area contributed by atoms with Gasteiger partial charge in [0.1, 0.15) is 5.82 Å². The van der Waals surface area contributed by atoms with Gasteiger partial charge in [0.05, 0.1) is 5.71 Å². The molecule has 0 fully saturated rings. The molecule has 58 valence electrons. The predicted molar refractivity (Wildman–Crippen MR) is 47.6 cm³/mol. The third-order valence-corrected chi connectivity index (χ3v) is 1.71. The van der Waals surface area contributed by atoms with Gasteiger partial charge >= 0.3 is 0 Å². The zero-order chi connectivity index (χ0) is 8.27. The van der Waals surface area contributed by atoms with Crippen molar-refractivity contribution in [1.29, 1.82) is 0 Å². The van der Waals surface area contributed by atoms with Crippen molar-refractivity contribution in [3.05, 3.63) is 35.6 Å².